The monoisotopic (exact) mass is 430 g/mol. The molecule has 0 aromatic heterocycles. The van der Waals surface area contributed by atoms with E-state index in [1.54, 1.807) is 43.5 Å². The van der Waals surface area contributed by atoms with Crippen LogP contribution in [0.4, 0.5) is 15.8 Å². The lowest BCUT2D eigenvalue weighted by Crippen LogP contribution is -2.32. The second kappa shape index (κ2) is 8.67. The zero-order valence-corrected chi connectivity index (χ0v) is 18.1. The Kier molecular flexibility index (Phi) is 5.77. The predicted molar refractivity (Wildman–Crippen MR) is 123 cm³/mol. The summed E-state index contributed by atoms with van der Waals surface area (Å²) in [5, 5.41) is 3.08. The van der Waals surface area contributed by atoms with Crippen LogP contribution in [0.2, 0.25) is 0 Å². The number of ether oxygens (including phenoxy) is 1. The van der Waals surface area contributed by atoms with E-state index in [9.17, 15) is 14.0 Å². The molecule has 0 fully saturated rings. The first kappa shape index (κ1) is 21.3. The quantitative estimate of drug-likeness (QED) is 0.536. The van der Waals surface area contributed by atoms with Gasteiger partial charge in [0.05, 0.1) is 18.4 Å². The molecule has 0 saturated carbocycles. The first-order valence-corrected chi connectivity index (χ1v) is 10.3. The van der Waals surface area contributed by atoms with Crippen molar-refractivity contribution in [1.29, 1.82) is 0 Å². The molecule has 4 rings (SSSR count). The molecule has 6 heteroatoms. The number of hydrogen-bond acceptors (Lipinski definition) is 4. The van der Waals surface area contributed by atoms with E-state index in [0.29, 0.717) is 28.6 Å². The number of imide groups is 1. The molecule has 1 N–H and O–H groups in total. The normalized spacial score (nSPS) is 13.8. The molecule has 3 aromatic carbocycles. The van der Waals surface area contributed by atoms with Crippen LogP contribution in [0.1, 0.15) is 30.9 Å². The fourth-order valence-corrected chi connectivity index (χ4v) is 3.59. The highest BCUT2D eigenvalue weighted by atomic mass is 19.1. The van der Waals surface area contributed by atoms with Gasteiger partial charge in [-0.25, -0.2) is 9.29 Å². The lowest BCUT2D eigenvalue weighted by molar-refractivity contribution is -0.120. The van der Waals surface area contributed by atoms with E-state index in [0.717, 1.165) is 10.5 Å². The summed E-state index contributed by atoms with van der Waals surface area (Å²) in [6.45, 7) is 4.15. The van der Waals surface area contributed by atoms with Gasteiger partial charge in [-0.1, -0.05) is 38.1 Å². The maximum Gasteiger partial charge on any atom is 0.282 e. The van der Waals surface area contributed by atoms with Gasteiger partial charge in [-0.15, -0.1) is 0 Å². The van der Waals surface area contributed by atoms with Crippen molar-refractivity contribution in [2.75, 3.05) is 17.3 Å². The van der Waals surface area contributed by atoms with E-state index in [-0.39, 0.29) is 11.3 Å². The van der Waals surface area contributed by atoms with E-state index >= 15 is 0 Å². The van der Waals surface area contributed by atoms with Gasteiger partial charge in [0.15, 0.2) is 0 Å². The maximum atomic E-state index is 13.5. The Bertz CT molecular complexity index is 1180. The number of hydrogen-bond donors (Lipinski definition) is 1. The number of carbonyl (C=O) groups is 2. The predicted octanol–water partition coefficient (Wildman–Crippen LogP) is 5.35. The van der Waals surface area contributed by atoms with Gasteiger partial charge in [-0.2, -0.15) is 0 Å². The van der Waals surface area contributed by atoms with Crippen molar-refractivity contribution < 1.29 is 18.7 Å². The molecular weight excluding hydrogens is 407 g/mol. The van der Waals surface area contributed by atoms with Crippen LogP contribution in [-0.4, -0.2) is 18.9 Å². The SMILES string of the molecule is COc1ccc(NC2=C(c3ccc(F)cc3)C(=O)N(c3ccc(C(C)C)cc3)C2=O)cc1. The van der Waals surface area contributed by atoms with Crippen LogP contribution in [0, 0.1) is 5.82 Å². The van der Waals surface area contributed by atoms with E-state index < -0.39 is 17.6 Å². The fourth-order valence-electron chi connectivity index (χ4n) is 3.59. The van der Waals surface area contributed by atoms with Crippen molar-refractivity contribution >= 4 is 28.8 Å². The Hall–Kier alpha value is -3.93. The summed E-state index contributed by atoms with van der Waals surface area (Å²) in [4.78, 5) is 28.0. The maximum absolute atomic E-state index is 13.5. The number of anilines is 2. The third-order valence-electron chi connectivity index (χ3n) is 5.39. The Morgan fingerprint density at radius 3 is 2.03 bits per heavy atom. The number of methoxy groups -OCH3 is 1. The van der Waals surface area contributed by atoms with Gasteiger partial charge in [0, 0.05) is 5.69 Å². The lowest BCUT2D eigenvalue weighted by atomic mass is 10.0. The summed E-state index contributed by atoms with van der Waals surface area (Å²) in [7, 11) is 1.57. The van der Waals surface area contributed by atoms with E-state index in [4.69, 9.17) is 4.74 Å². The van der Waals surface area contributed by atoms with Crippen LogP contribution < -0.4 is 15.0 Å². The molecule has 0 atom stereocenters. The molecule has 0 radical (unpaired) electrons. The van der Waals surface area contributed by atoms with Crippen molar-refractivity contribution in [2.45, 2.75) is 19.8 Å². The highest BCUT2D eigenvalue weighted by Gasteiger charge is 2.40. The molecule has 1 aliphatic heterocycles. The van der Waals surface area contributed by atoms with Gasteiger partial charge in [0.1, 0.15) is 17.3 Å². The second-order valence-electron chi connectivity index (χ2n) is 7.80. The largest absolute Gasteiger partial charge is 0.497 e. The molecule has 0 bridgehead atoms. The topological polar surface area (TPSA) is 58.6 Å². The zero-order valence-electron chi connectivity index (χ0n) is 18.1. The summed E-state index contributed by atoms with van der Waals surface area (Å²) >= 11 is 0. The smallest absolute Gasteiger partial charge is 0.282 e. The number of halogens is 1. The Labute approximate surface area is 186 Å². The van der Waals surface area contributed by atoms with Crippen LogP contribution in [-0.2, 0) is 9.59 Å². The summed E-state index contributed by atoms with van der Waals surface area (Å²) in [5.74, 6) is -0.354. The Morgan fingerprint density at radius 2 is 1.47 bits per heavy atom. The van der Waals surface area contributed by atoms with Crippen molar-refractivity contribution in [3.8, 4) is 5.75 Å². The molecule has 0 saturated heterocycles. The molecule has 2 amide bonds. The van der Waals surface area contributed by atoms with Gasteiger partial charge in [0.25, 0.3) is 11.8 Å². The highest BCUT2D eigenvalue weighted by molar-refractivity contribution is 6.46. The summed E-state index contributed by atoms with van der Waals surface area (Å²) in [6.07, 6.45) is 0. The number of nitrogens with zero attached hydrogens (tertiary/aromatic N) is 1. The minimum Gasteiger partial charge on any atom is -0.497 e. The molecule has 1 aliphatic rings. The third-order valence-corrected chi connectivity index (χ3v) is 5.39. The average molecular weight is 430 g/mol. The summed E-state index contributed by atoms with van der Waals surface area (Å²) in [6, 6.07) is 19.9. The number of carbonyl (C=O) groups excluding carboxylic acids is 2. The van der Waals surface area contributed by atoms with Gasteiger partial charge in [-0.05, 0) is 65.6 Å². The minimum absolute atomic E-state index is 0.139. The summed E-state index contributed by atoms with van der Waals surface area (Å²) < 4.78 is 18.7. The molecule has 32 heavy (non-hydrogen) atoms. The van der Waals surface area contributed by atoms with Crippen LogP contribution in [0.3, 0.4) is 0 Å². The van der Waals surface area contributed by atoms with Crippen LogP contribution >= 0.6 is 0 Å². The van der Waals surface area contributed by atoms with Gasteiger partial charge < -0.3 is 10.1 Å². The second-order valence-corrected chi connectivity index (χ2v) is 7.80. The van der Waals surface area contributed by atoms with Crippen molar-refractivity contribution in [1.82, 2.24) is 0 Å². The molecular formula is C26H23FN2O3. The number of amides is 2. The summed E-state index contributed by atoms with van der Waals surface area (Å²) in [5.41, 5.74) is 3.01. The standard InChI is InChI=1S/C26H23FN2O3/c1-16(2)17-6-12-21(13-7-17)29-25(30)23(18-4-8-19(27)9-5-18)24(26(29)31)28-20-10-14-22(32-3)15-11-20/h4-16,28H,1-3H3. The molecule has 0 aliphatic carbocycles. The van der Waals surface area contributed by atoms with Crippen molar-refractivity contribution in [3.63, 3.8) is 0 Å². The number of benzene rings is 3. The molecule has 162 valence electrons. The highest BCUT2D eigenvalue weighted by Crippen LogP contribution is 2.34. The Balaban J connectivity index is 1.76. The van der Waals surface area contributed by atoms with Crippen LogP contribution in [0.5, 0.6) is 5.75 Å². The van der Waals surface area contributed by atoms with Gasteiger partial charge in [-0.3, -0.25) is 9.59 Å². The Morgan fingerprint density at radius 1 is 0.844 bits per heavy atom. The van der Waals surface area contributed by atoms with Crippen molar-refractivity contribution in [2.24, 2.45) is 0 Å². The van der Waals surface area contributed by atoms with E-state index in [1.165, 1.54) is 24.3 Å². The number of nitrogens with one attached hydrogen (secondary N) is 1. The number of rotatable bonds is 6. The molecule has 5 nitrogen and oxygen atoms in total. The first-order valence-electron chi connectivity index (χ1n) is 10.3. The van der Waals surface area contributed by atoms with Crippen molar-refractivity contribution in [3.05, 3.63) is 95.4 Å². The lowest BCUT2D eigenvalue weighted by Gasteiger charge is -2.16. The fraction of sp³-hybridized carbons (Fsp3) is 0.154. The average Bonchev–Trinajstić information content (AvgIpc) is 3.04. The molecule has 3 aromatic rings. The van der Waals surface area contributed by atoms with Gasteiger partial charge in [0.2, 0.25) is 0 Å². The molecule has 0 spiro atoms. The van der Waals surface area contributed by atoms with Crippen LogP contribution in [0.15, 0.2) is 78.5 Å². The zero-order chi connectivity index (χ0) is 22.8. The molecule has 1 heterocycles. The minimum atomic E-state index is -0.470. The third kappa shape index (κ3) is 3.99. The van der Waals surface area contributed by atoms with Gasteiger partial charge >= 0.3 is 0 Å². The van der Waals surface area contributed by atoms with E-state index in [2.05, 4.69) is 19.2 Å². The molecule has 0 unspecified atom stereocenters. The van der Waals surface area contributed by atoms with Crippen LogP contribution in [0.25, 0.3) is 5.57 Å². The first-order chi connectivity index (χ1) is 15.4. The van der Waals surface area contributed by atoms with E-state index in [1.807, 2.05) is 12.1 Å².